The summed E-state index contributed by atoms with van der Waals surface area (Å²) in [5.74, 6) is 0.480. The highest BCUT2D eigenvalue weighted by Gasteiger charge is 2.30. The third kappa shape index (κ3) is 5.80. The number of rotatable bonds is 9. The number of amides is 1. The van der Waals surface area contributed by atoms with Gasteiger partial charge in [-0.25, -0.2) is 4.98 Å². The summed E-state index contributed by atoms with van der Waals surface area (Å²) in [4.78, 5) is 16.4. The molecule has 0 radical (unpaired) electrons. The third-order valence-corrected chi connectivity index (χ3v) is 6.97. The van der Waals surface area contributed by atoms with Crippen LogP contribution < -0.4 is 10.1 Å². The van der Waals surface area contributed by atoms with Gasteiger partial charge in [0.15, 0.2) is 0 Å². The predicted molar refractivity (Wildman–Crippen MR) is 113 cm³/mol. The molecular weight excluding hydrogens is 406 g/mol. The van der Waals surface area contributed by atoms with E-state index in [-0.39, 0.29) is 12.0 Å². The summed E-state index contributed by atoms with van der Waals surface area (Å²) in [6.07, 6.45) is 7.33. The maximum Gasteiger partial charge on any atom is 0.281 e. The molecule has 2 heterocycles. The van der Waals surface area contributed by atoms with E-state index in [2.05, 4.69) is 10.3 Å². The fraction of sp³-hybridized carbons (Fsp3) is 0.500. The number of nitrogens with zero attached hydrogens (tertiary/aromatic N) is 4. The van der Waals surface area contributed by atoms with Crippen molar-refractivity contribution >= 4 is 16.1 Å². The average Bonchev–Trinajstić information content (AvgIpc) is 3.25. The Kier molecular flexibility index (Phi) is 7.46. The Bertz CT molecular complexity index is 922. The molecule has 1 amide bonds. The topological polar surface area (TPSA) is 96.8 Å². The van der Waals surface area contributed by atoms with Crippen molar-refractivity contribution in [3.8, 4) is 5.75 Å². The Labute approximate surface area is 177 Å². The minimum Gasteiger partial charge on any atom is -0.490 e. The zero-order valence-corrected chi connectivity index (χ0v) is 18.2. The highest BCUT2D eigenvalue weighted by molar-refractivity contribution is 7.86. The smallest absolute Gasteiger partial charge is 0.281 e. The molecule has 3 rings (SSSR count). The summed E-state index contributed by atoms with van der Waals surface area (Å²) in [5.41, 5.74) is 0.544. The molecule has 0 aliphatic carbocycles. The molecule has 0 saturated carbocycles. The molecular formula is C20H29N5O4S. The van der Waals surface area contributed by atoms with Crippen molar-refractivity contribution in [3.05, 3.63) is 48.5 Å². The van der Waals surface area contributed by atoms with Gasteiger partial charge in [0.2, 0.25) is 0 Å². The zero-order chi connectivity index (χ0) is 21.6. The maximum atomic E-state index is 12.4. The van der Waals surface area contributed by atoms with Crippen LogP contribution in [0.5, 0.6) is 5.75 Å². The van der Waals surface area contributed by atoms with E-state index in [1.54, 1.807) is 30.7 Å². The first-order valence-corrected chi connectivity index (χ1v) is 11.4. The van der Waals surface area contributed by atoms with Crippen molar-refractivity contribution in [1.29, 1.82) is 0 Å². The van der Waals surface area contributed by atoms with Gasteiger partial charge < -0.3 is 14.6 Å². The van der Waals surface area contributed by atoms with E-state index in [1.165, 1.54) is 22.7 Å². The average molecular weight is 436 g/mol. The lowest BCUT2D eigenvalue weighted by atomic mass is 10.1. The van der Waals surface area contributed by atoms with Gasteiger partial charge in [0.1, 0.15) is 11.9 Å². The first kappa shape index (κ1) is 22.3. The van der Waals surface area contributed by atoms with Gasteiger partial charge in [-0.2, -0.15) is 17.0 Å². The molecule has 1 N–H and O–H groups in total. The molecule has 1 fully saturated rings. The fourth-order valence-corrected chi connectivity index (χ4v) is 4.43. The van der Waals surface area contributed by atoms with E-state index < -0.39 is 10.2 Å². The molecule has 1 aromatic carbocycles. The number of aromatic nitrogens is 2. The quantitative estimate of drug-likeness (QED) is 0.600. The van der Waals surface area contributed by atoms with Crippen LogP contribution >= 0.6 is 0 Å². The summed E-state index contributed by atoms with van der Waals surface area (Å²) >= 11 is 0. The van der Waals surface area contributed by atoms with Gasteiger partial charge in [-0.1, -0.05) is 6.07 Å². The Morgan fingerprint density at radius 2 is 2.07 bits per heavy atom. The minimum atomic E-state index is -3.39. The van der Waals surface area contributed by atoms with Gasteiger partial charge in [-0.3, -0.25) is 4.79 Å². The second-order valence-electron chi connectivity index (χ2n) is 7.44. The maximum absolute atomic E-state index is 12.4. The molecule has 1 aromatic heterocycles. The first-order chi connectivity index (χ1) is 14.4. The lowest BCUT2D eigenvalue weighted by Gasteiger charge is -2.32. The fourth-order valence-electron chi connectivity index (χ4n) is 3.30. The van der Waals surface area contributed by atoms with Crippen LogP contribution in [0, 0.1) is 0 Å². The first-order valence-electron chi connectivity index (χ1n) is 10.0. The monoisotopic (exact) mass is 435 g/mol. The standard InChI is InChI=1S/C20H29N5O4S/c1-23(2)30(27,28)25-12-7-18(8-13-25)29-19-6-3-5-17(15-19)20(26)22-9-4-11-24-14-10-21-16-24/h3,5-6,10,14-16,18H,4,7-9,11-13H2,1-2H3,(H,22,26). The molecule has 0 atom stereocenters. The minimum absolute atomic E-state index is 0.0768. The van der Waals surface area contributed by atoms with Gasteiger partial charge >= 0.3 is 0 Å². The molecule has 9 nitrogen and oxygen atoms in total. The van der Waals surface area contributed by atoms with Crippen molar-refractivity contribution in [2.45, 2.75) is 31.9 Å². The zero-order valence-electron chi connectivity index (χ0n) is 17.4. The van der Waals surface area contributed by atoms with Gasteiger partial charge in [-0.05, 0) is 37.5 Å². The van der Waals surface area contributed by atoms with Crippen LogP contribution in [0.3, 0.4) is 0 Å². The molecule has 30 heavy (non-hydrogen) atoms. The third-order valence-electron chi connectivity index (χ3n) is 5.03. The molecule has 0 unspecified atom stereocenters. The van der Waals surface area contributed by atoms with Crippen molar-refractivity contribution in [1.82, 2.24) is 23.5 Å². The van der Waals surface area contributed by atoms with E-state index in [1.807, 2.05) is 16.8 Å². The molecule has 2 aromatic rings. The van der Waals surface area contributed by atoms with Crippen LogP contribution in [0.4, 0.5) is 0 Å². The Hall–Kier alpha value is -2.43. The summed E-state index contributed by atoms with van der Waals surface area (Å²) in [6, 6.07) is 7.10. The van der Waals surface area contributed by atoms with Crippen molar-refractivity contribution in [2.75, 3.05) is 33.7 Å². The highest BCUT2D eigenvalue weighted by atomic mass is 32.2. The second kappa shape index (κ2) is 10.1. The van der Waals surface area contributed by atoms with E-state index in [4.69, 9.17) is 4.74 Å². The van der Waals surface area contributed by atoms with Crippen LogP contribution in [0.25, 0.3) is 0 Å². The summed E-state index contributed by atoms with van der Waals surface area (Å²) in [7, 11) is -0.319. The van der Waals surface area contributed by atoms with Crippen molar-refractivity contribution < 1.29 is 17.9 Å². The van der Waals surface area contributed by atoms with Gasteiger partial charge in [-0.15, -0.1) is 0 Å². The number of carbonyl (C=O) groups is 1. The lowest BCUT2D eigenvalue weighted by Crippen LogP contribution is -2.46. The highest BCUT2D eigenvalue weighted by Crippen LogP contribution is 2.22. The van der Waals surface area contributed by atoms with Crippen molar-refractivity contribution in [2.24, 2.45) is 0 Å². The van der Waals surface area contributed by atoms with Crippen LogP contribution in [-0.2, 0) is 16.8 Å². The number of carbonyl (C=O) groups excluding carboxylic acids is 1. The van der Waals surface area contributed by atoms with Crippen LogP contribution in [0.2, 0.25) is 0 Å². The number of imidazole rings is 1. The number of benzene rings is 1. The van der Waals surface area contributed by atoms with E-state index >= 15 is 0 Å². The number of ether oxygens (including phenoxy) is 1. The van der Waals surface area contributed by atoms with Crippen LogP contribution in [0.1, 0.15) is 29.6 Å². The predicted octanol–water partition coefficient (Wildman–Crippen LogP) is 1.35. The lowest BCUT2D eigenvalue weighted by molar-refractivity contribution is 0.0950. The summed E-state index contributed by atoms with van der Waals surface area (Å²) in [5, 5.41) is 2.92. The van der Waals surface area contributed by atoms with Crippen molar-refractivity contribution in [3.63, 3.8) is 0 Å². The van der Waals surface area contributed by atoms with E-state index in [0.29, 0.717) is 43.8 Å². The molecule has 164 valence electrons. The molecule has 0 spiro atoms. The molecule has 1 aliphatic heterocycles. The van der Waals surface area contributed by atoms with Crippen LogP contribution in [-0.4, -0.2) is 72.3 Å². The van der Waals surface area contributed by atoms with E-state index in [9.17, 15) is 13.2 Å². The Morgan fingerprint density at radius 3 is 2.73 bits per heavy atom. The Balaban J connectivity index is 1.46. The summed E-state index contributed by atoms with van der Waals surface area (Å²) in [6.45, 7) is 2.21. The number of nitrogens with one attached hydrogen (secondary N) is 1. The molecule has 1 aliphatic rings. The molecule has 1 saturated heterocycles. The normalized spacial score (nSPS) is 16.0. The number of hydrogen-bond acceptors (Lipinski definition) is 5. The van der Waals surface area contributed by atoms with E-state index in [0.717, 1.165) is 13.0 Å². The number of piperidine rings is 1. The van der Waals surface area contributed by atoms with Crippen LogP contribution in [0.15, 0.2) is 43.0 Å². The molecule has 0 bridgehead atoms. The summed E-state index contributed by atoms with van der Waals surface area (Å²) < 4.78 is 35.1. The van der Waals surface area contributed by atoms with Gasteiger partial charge in [0, 0.05) is 58.2 Å². The van der Waals surface area contributed by atoms with Gasteiger partial charge in [0.25, 0.3) is 16.1 Å². The largest absolute Gasteiger partial charge is 0.490 e. The molecule has 10 heteroatoms. The number of aryl methyl sites for hydroxylation is 1. The Morgan fingerprint density at radius 1 is 1.30 bits per heavy atom. The van der Waals surface area contributed by atoms with Gasteiger partial charge in [0.05, 0.1) is 6.33 Å². The number of hydrogen-bond donors (Lipinski definition) is 1. The SMILES string of the molecule is CN(C)S(=O)(=O)N1CCC(Oc2cccc(C(=O)NCCCn3ccnc3)c2)CC1. The second-order valence-corrected chi connectivity index (χ2v) is 9.59.